The first-order valence-corrected chi connectivity index (χ1v) is 10.0. The molecule has 8 heteroatoms. The SMILES string of the molecule is CN(Cc1ccc(N2CCOCC2)cc1)C(=O)c1cnc2n(c1=O)CCS2. The van der Waals surface area contributed by atoms with Gasteiger partial charge in [0.2, 0.25) is 0 Å². The van der Waals surface area contributed by atoms with Crippen molar-refractivity contribution >= 4 is 23.4 Å². The van der Waals surface area contributed by atoms with Gasteiger partial charge < -0.3 is 14.5 Å². The van der Waals surface area contributed by atoms with Crippen LogP contribution in [0.25, 0.3) is 0 Å². The van der Waals surface area contributed by atoms with Gasteiger partial charge in [-0.2, -0.15) is 0 Å². The van der Waals surface area contributed by atoms with E-state index in [0.717, 1.165) is 43.3 Å². The Morgan fingerprint density at radius 1 is 1.22 bits per heavy atom. The molecular formula is C19H22N4O3S. The first-order chi connectivity index (χ1) is 13.1. The second kappa shape index (κ2) is 7.74. The second-order valence-electron chi connectivity index (χ2n) is 6.69. The summed E-state index contributed by atoms with van der Waals surface area (Å²) in [5.74, 6) is 0.530. The van der Waals surface area contributed by atoms with E-state index in [2.05, 4.69) is 22.0 Å². The molecule has 1 fully saturated rings. The zero-order chi connectivity index (χ0) is 18.8. The Kier molecular flexibility index (Phi) is 5.18. The van der Waals surface area contributed by atoms with Crippen LogP contribution in [0.1, 0.15) is 15.9 Å². The zero-order valence-corrected chi connectivity index (χ0v) is 16.1. The summed E-state index contributed by atoms with van der Waals surface area (Å²) in [6.07, 6.45) is 1.41. The number of benzene rings is 1. The molecule has 7 nitrogen and oxygen atoms in total. The lowest BCUT2D eigenvalue weighted by Gasteiger charge is -2.29. The largest absolute Gasteiger partial charge is 0.378 e. The van der Waals surface area contributed by atoms with E-state index < -0.39 is 0 Å². The minimum Gasteiger partial charge on any atom is -0.378 e. The summed E-state index contributed by atoms with van der Waals surface area (Å²) >= 11 is 1.54. The van der Waals surface area contributed by atoms with Gasteiger partial charge in [-0.1, -0.05) is 23.9 Å². The molecule has 2 aromatic rings. The van der Waals surface area contributed by atoms with E-state index in [4.69, 9.17) is 4.74 Å². The van der Waals surface area contributed by atoms with Crippen LogP contribution in [-0.2, 0) is 17.8 Å². The van der Waals surface area contributed by atoms with Gasteiger partial charge in [-0.3, -0.25) is 14.2 Å². The smallest absolute Gasteiger partial charge is 0.267 e. The van der Waals surface area contributed by atoms with Crippen LogP contribution in [0.4, 0.5) is 5.69 Å². The first-order valence-electron chi connectivity index (χ1n) is 9.03. The lowest BCUT2D eigenvalue weighted by atomic mass is 10.1. The molecule has 3 heterocycles. The van der Waals surface area contributed by atoms with Gasteiger partial charge in [-0.25, -0.2) is 4.98 Å². The van der Waals surface area contributed by atoms with Crippen LogP contribution >= 0.6 is 11.8 Å². The fourth-order valence-corrected chi connectivity index (χ4v) is 4.26. The van der Waals surface area contributed by atoms with Crippen molar-refractivity contribution in [1.29, 1.82) is 0 Å². The molecule has 4 rings (SSSR count). The van der Waals surface area contributed by atoms with Crippen molar-refractivity contribution < 1.29 is 9.53 Å². The second-order valence-corrected chi connectivity index (χ2v) is 7.75. The van der Waals surface area contributed by atoms with E-state index in [-0.39, 0.29) is 17.0 Å². The number of morpholine rings is 1. The summed E-state index contributed by atoms with van der Waals surface area (Å²) in [7, 11) is 1.71. The highest BCUT2D eigenvalue weighted by Gasteiger charge is 2.22. The van der Waals surface area contributed by atoms with Gasteiger partial charge in [-0.15, -0.1) is 0 Å². The first kappa shape index (κ1) is 18.1. The minimum atomic E-state index is -0.294. The molecule has 2 aliphatic rings. The Morgan fingerprint density at radius 3 is 2.70 bits per heavy atom. The maximum atomic E-state index is 12.7. The third-order valence-corrected chi connectivity index (χ3v) is 5.84. The molecule has 0 atom stereocenters. The molecule has 1 saturated heterocycles. The van der Waals surface area contributed by atoms with Crippen molar-refractivity contribution in [2.24, 2.45) is 0 Å². The lowest BCUT2D eigenvalue weighted by Crippen LogP contribution is -2.36. The minimum absolute atomic E-state index is 0.133. The summed E-state index contributed by atoms with van der Waals surface area (Å²) in [4.78, 5) is 33.4. The third-order valence-electron chi connectivity index (χ3n) is 4.87. The molecule has 0 saturated carbocycles. The van der Waals surface area contributed by atoms with Crippen LogP contribution in [-0.4, -0.2) is 59.5 Å². The molecule has 0 bridgehead atoms. The number of amides is 1. The van der Waals surface area contributed by atoms with Crippen molar-refractivity contribution in [2.75, 3.05) is 44.0 Å². The van der Waals surface area contributed by atoms with Gasteiger partial charge in [-0.05, 0) is 17.7 Å². The molecule has 0 spiro atoms. The molecule has 0 unspecified atom stereocenters. The van der Waals surface area contributed by atoms with E-state index in [1.54, 1.807) is 28.3 Å². The van der Waals surface area contributed by atoms with Crippen LogP contribution in [0.15, 0.2) is 40.4 Å². The van der Waals surface area contributed by atoms with Gasteiger partial charge >= 0.3 is 0 Å². The number of hydrogen-bond acceptors (Lipinski definition) is 6. The summed E-state index contributed by atoms with van der Waals surface area (Å²) in [5, 5.41) is 0.693. The number of ether oxygens (including phenoxy) is 1. The van der Waals surface area contributed by atoms with Crippen molar-refractivity contribution in [3.63, 3.8) is 0 Å². The average molecular weight is 386 g/mol. The molecule has 0 N–H and O–H groups in total. The van der Waals surface area contributed by atoms with E-state index >= 15 is 0 Å². The highest BCUT2D eigenvalue weighted by Crippen LogP contribution is 2.21. The molecular weight excluding hydrogens is 364 g/mol. The van der Waals surface area contributed by atoms with Crippen LogP contribution < -0.4 is 10.5 Å². The van der Waals surface area contributed by atoms with Gasteiger partial charge in [0.25, 0.3) is 11.5 Å². The number of carbonyl (C=O) groups excluding carboxylic acids is 1. The molecule has 142 valence electrons. The van der Waals surface area contributed by atoms with Crippen LogP contribution in [0, 0.1) is 0 Å². The highest BCUT2D eigenvalue weighted by atomic mass is 32.2. The highest BCUT2D eigenvalue weighted by molar-refractivity contribution is 7.99. The number of aromatic nitrogens is 2. The Morgan fingerprint density at radius 2 is 1.96 bits per heavy atom. The molecule has 0 radical (unpaired) electrons. The normalized spacial score (nSPS) is 16.3. The Hall–Kier alpha value is -2.32. The molecule has 1 aromatic heterocycles. The molecule has 27 heavy (non-hydrogen) atoms. The van der Waals surface area contributed by atoms with E-state index in [1.807, 2.05) is 12.1 Å². The molecule has 1 amide bonds. The fraction of sp³-hybridized carbons (Fsp3) is 0.421. The molecule has 1 aromatic carbocycles. The monoisotopic (exact) mass is 386 g/mol. The van der Waals surface area contributed by atoms with Gasteiger partial charge in [0, 0.05) is 50.9 Å². The van der Waals surface area contributed by atoms with Crippen molar-refractivity contribution in [2.45, 2.75) is 18.2 Å². The zero-order valence-electron chi connectivity index (χ0n) is 15.3. The number of rotatable bonds is 4. The van der Waals surface area contributed by atoms with Crippen LogP contribution in [0.3, 0.4) is 0 Å². The van der Waals surface area contributed by atoms with Crippen molar-refractivity contribution in [3.8, 4) is 0 Å². The summed E-state index contributed by atoms with van der Waals surface area (Å²) in [6.45, 7) is 4.35. The van der Waals surface area contributed by atoms with Crippen molar-refractivity contribution in [3.05, 3.63) is 51.9 Å². The topological polar surface area (TPSA) is 67.7 Å². The Bertz CT molecular complexity index is 891. The predicted molar refractivity (Wildman–Crippen MR) is 104 cm³/mol. The number of nitrogens with zero attached hydrogens (tertiary/aromatic N) is 4. The number of carbonyl (C=O) groups is 1. The van der Waals surface area contributed by atoms with Gasteiger partial charge in [0.05, 0.1) is 13.2 Å². The standard InChI is InChI=1S/C19H22N4O3S/c1-21(17(24)16-12-20-19-23(18(16)25)8-11-27-19)13-14-2-4-15(5-3-14)22-6-9-26-10-7-22/h2-5,12H,6-11,13H2,1H3. The van der Waals surface area contributed by atoms with Gasteiger partial charge in [0.15, 0.2) is 5.16 Å². The van der Waals surface area contributed by atoms with E-state index in [0.29, 0.717) is 18.2 Å². The van der Waals surface area contributed by atoms with Crippen molar-refractivity contribution in [1.82, 2.24) is 14.5 Å². The van der Waals surface area contributed by atoms with Gasteiger partial charge in [0.1, 0.15) is 5.56 Å². The third kappa shape index (κ3) is 3.72. The van der Waals surface area contributed by atoms with Crippen LogP contribution in [0.2, 0.25) is 0 Å². The number of anilines is 1. The fourth-order valence-electron chi connectivity index (χ4n) is 3.35. The average Bonchev–Trinajstić information content (AvgIpc) is 3.19. The predicted octanol–water partition coefficient (Wildman–Crippen LogP) is 1.46. The summed E-state index contributed by atoms with van der Waals surface area (Å²) in [6, 6.07) is 8.20. The quantitative estimate of drug-likeness (QED) is 0.741. The number of hydrogen-bond donors (Lipinski definition) is 0. The van der Waals surface area contributed by atoms with Crippen LogP contribution in [0.5, 0.6) is 0 Å². The molecule has 0 aliphatic carbocycles. The lowest BCUT2D eigenvalue weighted by molar-refractivity contribution is 0.0781. The Labute approximate surface area is 161 Å². The maximum Gasteiger partial charge on any atom is 0.267 e. The van der Waals surface area contributed by atoms with E-state index in [1.165, 1.54) is 6.20 Å². The summed E-state index contributed by atoms with van der Waals surface area (Å²) < 4.78 is 6.97. The number of thioether (sulfide) groups is 1. The number of fused-ring (bicyclic) bond motifs is 1. The Balaban J connectivity index is 1.45. The maximum absolute atomic E-state index is 12.7. The van der Waals surface area contributed by atoms with E-state index in [9.17, 15) is 9.59 Å². The molecule has 2 aliphatic heterocycles. The summed E-state index contributed by atoms with van der Waals surface area (Å²) in [5.41, 5.74) is 2.07.